The third-order valence-electron chi connectivity index (χ3n) is 6.02. The van der Waals surface area contributed by atoms with E-state index >= 15 is 0 Å². The number of benzene rings is 3. The van der Waals surface area contributed by atoms with Crippen molar-refractivity contribution >= 4 is 34.0 Å². The Balaban J connectivity index is 1.55. The molecule has 0 atom stereocenters. The Labute approximate surface area is 194 Å². The van der Waals surface area contributed by atoms with Gasteiger partial charge in [-0.2, -0.15) is 0 Å². The Hall–Kier alpha value is -3.38. The first kappa shape index (κ1) is 22.8. The first-order valence-electron chi connectivity index (χ1n) is 11.6. The summed E-state index contributed by atoms with van der Waals surface area (Å²) in [6.45, 7) is 3.01. The average Bonchev–Trinajstić information content (AvgIpc) is 2.86. The van der Waals surface area contributed by atoms with E-state index in [9.17, 15) is 9.59 Å². The van der Waals surface area contributed by atoms with Crippen molar-refractivity contribution in [2.45, 2.75) is 25.7 Å². The van der Waals surface area contributed by atoms with Gasteiger partial charge in [0.05, 0.1) is 5.56 Å². The number of carbonyl (C=O) groups excluding carboxylic acids is 2. The summed E-state index contributed by atoms with van der Waals surface area (Å²) < 4.78 is 5.07. The van der Waals surface area contributed by atoms with Crippen LogP contribution in [0.3, 0.4) is 0 Å². The molecule has 0 radical (unpaired) electrons. The van der Waals surface area contributed by atoms with Crippen LogP contribution >= 0.6 is 0 Å². The Morgan fingerprint density at radius 2 is 1.70 bits per heavy atom. The summed E-state index contributed by atoms with van der Waals surface area (Å²) in [5.74, 6) is -0.327. The number of carbonyl (C=O) groups is 2. The fourth-order valence-corrected chi connectivity index (χ4v) is 4.25. The van der Waals surface area contributed by atoms with Crippen LogP contribution in [0.25, 0.3) is 10.8 Å². The monoisotopic (exact) mass is 445 g/mol. The molecule has 4 rings (SSSR count). The standard InChI is InChI=1S/C27H31N3O3/c1-33-17-7-14-28-27(32)24-19-23(12-13-25(24)30-15-5-2-6-16-30)29-26(31)22-11-10-20-8-3-4-9-21(20)18-22/h3-4,8-13,18-19H,2,5-7,14-17H2,1H3,(H,28,32)(H,29,31). The molecular weight excluding hydrogens is 414 g/mol. The zero-order valence-corrected chi connectivity index (χ0v) is 19.1. The number of rotatable bonds is 8. The Morgan fingerprint density at radius 1 is 0.909 bits per heavy atom. The first-order valence-corrected chi connectivity index (χ1v) is 11.6. The molecule has 0 aromatic heterocycles. The highest BCUT2D eigenvalue weighted by molar-refractivity contribution is 6.08. The highest BCUT2D eigenvalue weighted by Gasteiger charge is 2.20. The van der Waals surface area contributed by atoms with Crippen LogP contribution in [-0.4, -0.2) is 45.2 Å². The third kappa shape index (κ3) is 5.71. The van der Waals surface area contributed by atoms with Gasteiger partial charge in [-0.15, -0.1) is 0 Å². The molecule has 6 nitrogen and oxygen atoms in total. The Morgan fingerprint density at radius 3 is 2.48 bits per heavy atom. The van der Waals surface area contributed by atoms with Crippen molar-refractivity contribution in [2.75, 3.05) is 43.6 Å². The molecule has 1 heterocycles. The number of amides is 2. The van der Waals surface area contributed by atoms with Crippen molar-refractivity contribution in [3.05, 3.63) is 71.8 Å². The van der Waals surface area contributed by atoms with Crippen LogP contribution in [0, 0.1) is 0 Å². The molecule has 0 bridgehead atoms. The lowest BCUT2D eigenvalue weighted by Gasteiger charge is -2.30. The molecule has 1 saturated heterocycles. The molecule has 2 amide bonds. The molecule has 0 saturated carbocycles. The molecule has 33 heavy (non-hydrogen) atoms. The lowest BCUT2D eigenvalue weighted by atomic mass is 10.0. The summed E-state index contributed by atoms with van der Waals surface area (Å²) in [4.78, 5) is 28.2. The highest BCUT2D eigenvalue weighted by atomic mass is 16.5. The van der Waals surface area contributed by atoms with Crippen LogP contribution in [-0.2, 0) is 4.74 Å². The van der Waals surface area contributed by atoms with E-state index in [1.807, 2.05) is 54.6 Å². The van der Waals surface area contributed by atoms with E-state index in [1.54, 1.807) is 13.2 Å². The molecule has 172 valence electrons. The first-order chi connectivity index (χ1) is 16.2. The number of piperidine rings is 1. The number of nitrogens with zero attached hydrogens (tertiary/aromatic N) is 1. The van der Waals surface area contributed by atoms with Crippen molar-refractivity contribution in [1.29, 1.82) is 0 Å². The minimum Gasteiger partial charge on any atom is -0.385 e. The van der Waals surface area contributed by atoms with E-state index < -0.39 is 0 Å². The van der Waals surface area contributed by atoms with Gasteiger partial charge < -0.3 is 20.3 Å². The lowest BCUT2D eigenvalue weighted by Crippen LogP contribution is -2.33. The van der Waals surface area contributed by atoms with Crippen molar-refractivity contribution in [1.82, 2.24) is 5.32 Å². The SMILES string of the molecule is COCCCNC(=O)c1cc(NC(=O)c2ccc3ccccc3c2)ccc1N1CCCCC1. The maximum Gasteiger partial charge on any atom is 0.255 e. The van der Waals surface area contributed by atoms with Gasteiger partial charge >= 0.3 is 0 Å². The zero-order chi connectivity index (χ0) is 23.0. The van der Waals surface area contributed by atoms with E-state index in [1.165, 1.54) is 6.42 Å². The van der Waals surface area contributed by atoms with Crippen LogP contribution in [0.1, 0.15) is 46.4 Å². The largest absolute Gasteiger partial charge is 0.385 e. The van der Waals surface area contributed by atoms with Crippen LogP contribution in [0.2, 0.25) is 0 Å². The molecule has 3 aromatic carbocycles. The van der Waals surface area contributed by atoms with Gasteiger partial charge in [-0.05, 0) is 66.8 Å². The second kappa shape index (κ2) is 11.0. The minimum atomic E-state index is -0.196. The van der Waals surface area contributed by atoms with Crippen molar-refractivity contribution in [3.8, 4) is 0 Å². The predicted octanol–water partition coefficient (Wildman–Crippen LogP) is 4.85. The summed E-state index contributed by atoms with van der Waals surface area (Å²) >= 11 is 0. The number of methoxy groups -OCH3 is 1. The quantitative estimate of drug-likeness (QED) is 0.487. The summed E-state index contributed by atoms with van der Waals surface area (Å²) in [5, 5.41) is 8.06. The molecule has 1 aliphatic heterocycles. The van der Waals surface area contributed by atoms with Crippen molar-refractivity contribution in [2.24, 2.45) is 0 Å². The minimum absolute atomic E-state index is 0.131. The van der Waals surface area contributed by atoms with Crippen LogP contribution < -0.4 is 15.5 Å². The molecule has 2 N–H and O–H groups in total. The van der Waals surface area contributed by atoms with Gasteiger partial charge in [0.25, 0.3) is 11.8 Å². The molecule has 6 heteroatoms. The van der Waals surface area contributed by atoms with E-state index in [-0.39, 0.29) is 11.8 Å². The molecule has 0 unspecified atom stereocenters. The van der Waals surface area contributed by atoms with Crippen LogP contribution in [0.4, 0.5) is 11.4 Å². The Bertz CT molecular complexity index is 1120. The number of nitrogens with one attached hydrogen (secondary N) is 2. The number of hydrogen-bond acceptors (Lipinski definition) is 4. The summed E-state index contributed by atoms with van der Waals surface area (Å²) in [7, 11) is 1.65. The summed E-state index contributed by atoms with van der Waals surface area (Å²) in [6.07, 6.45) is 4.21. The smallest absolute Gasteiger partial charge is 0.255 e. The van der Waals surface area contributed by atoms with Gasteiger partial charge in [-0.3, -0.25) is 9.59 Å². The number of ether oxygens (including phenoxy) is 1. The predicted molar refractivity (Wildman–Crippen MR) is 133 cm³/mol. The van der Waals surface area contributed by atoms with Crippen molar-refractivity contribution in [3.63, 3.8) is 0 Å². The third-order valence-corrected chi connectivity index (χ3v) is 6.02. The Kier molecular flexibility index (Phi) is 7.58. The fraction of sp³-hybridized carbons (Fsp3) is 0.333. The van der Waals surface area contributed by atoms with E-state index in [0.717, 1.165) is 48.8 Å². The zero-order valence-electron chi connectivity index (χ0n) is 19.1. The summed E-state index contributed by atoms with van der Waals surface area (Å²) in [5.41, 5.74) is 2.70. The molecular formula is C27H31N3O3. The van der Waals surface area contributed by atoms with Gasteiger partial charge in [0.2, 0.25) is 0 Å². The highest BCUT2D eigenvalue weighted by Crippen LogP contribution is 2.28. The second-order valence-corrected chi connectivity index (χ2v) is 8.40. The van der Waals surface area contributed by atoms with Gasteiger partial charge in [-0.1, -0.05) is 30.3 Å². The number of hydrogen-bond donors (Lipinski definition) is 2. The normalized spacial score (nSPS) is 13.7. The average molecular weight is 446 g/mol. The second-order valence-electron chi connectivity index (χ2n) is 8.40. The maximum absolute atomic E-state index is 13.0. The van der Waals surface area contributed by atoms with E-state index in [2.05, 4.69) is 15.5 Å². The van der Waals surface area contributed by atoms with Gasteiger partial charge in [0.15, 0.2) is 0 Å². The fourth-order valence-electron chi connectivity index (χ4n) is 4.25. The van der Waals surface area contributed by atoms with Gasteiger partial charge in [-0.25, -0.2) is 0 Å². The molecule has 3 aromatic rings. The van der Waals surface area contributed by atoms with Crippen molar-refractivity contribution < 1.29 is 14.3 Å². The maximum atomic E-state index is 13.0. The molecule has 1 aliphatic rings. The van der Waals surface area contributed by atoms with Gasteiger partial charge in [0, 0.05) is 50.3 Å². The molecule has 0 aliphatic carbocycles. The van der Waals surface area contributed by atoms with Crippen LogP contribution in [0.5, 0.6) is 0 Å². The molecule has 1 fully saturated rings. The number of fused-ring (bicyclic) bond motifs is 1. The van der Waals surface area contributed by atoms with Crippen LogP contribution in [0.15, 0.2) is 60.7 Å². The topological polar surface area (TPSA) is 70.7 Å². The summed E-state index contributed by atoms with van der Waals surface area (Å²) in [6, 6.07) is 19.2. The van der Waals surface area contributed by atoms with Gasteiger partial charge in [0.1, 0.15) is 0 Å². The van der Waals surface area contributed by atoms with E-state index in [0.29, 0.717) is 30.0 Å². The number of anilines is 2. The van der Waals surface area contributed by atoms with E-state index in [4.69, 9.17) is 4.74 Å². The lowest BCUT2D eigenvalue weighted by molar-refractivity contribution is 0.0947. The molecule has 0 spiro atoms.